The van der Waals surface area contributed by atoms with E-state index in [1.165, 1.54) is 15.3 Å². The third kappa shape index (κ3) is 3.58. The number of fused-ring (bicyclic) bond motifs is 5. The van der Waals surface area contributed by atoms with Gasteiger partial charge < -0.3 is 19.7 Å². The minimum Gasteiger partial charge on any atom is -0.370 e. The number of aryl methyl sites for hydroxylation is 1. The summed E-state index contributed by atoms with van der Waals surface area (Å²) in [6.45, 7) is 11.7. The van der Waals surface area contributed by atoms with E-state index in [0.29, 0.717) is 18.8 Å². The van der Waals surface area contributed by atoms with Gasteiger partial charge in [-0.05, 0) is 26.3 Å². The lowest BCUT2D eigenvalue weighted by atomic mass is 9.94. The van der Waals surface area contributed by atoms with E-state index in [9.17, 15) is 4.79 Å². The molecule has 9 nitrogen and oxygen atoms in total. The molecule has 1 amide bonds. The molecule has 3 aromatic heterocycles. The van der Waals surface area contributed by atoms with Crippen molar-refractivity contribution in [3.05, 3.63) is 22.1 Å². The summed E-state index contributed by atoms with van der Waals surface area (Å²) in [7, 11) is 0. The third-order valence-corrected chi connectivity index (χ3v) is 6.94. The van der Waals surface area contributed by atoms with Crippen LogP contribution >= 0.6 is 11.3 Å². The molecule has 0 saturated carbocycles. The number of nitrogens with one attached hydrogen (secondary N) is 2. The molecule has 0 radical (unpaired) electrons. The van der Waals surface area contributed by atoms with Crippen molar-refractivity contribution in [3.63, 3.8) is 0 Å². The van der Waals surface area contributed by atoms with Crippen molar-refractivity contribution >= 4 is 33.1 Å². The first-order valence-corrected chi connectivity index (χ1v) is 11.2. The van der Waals surface area contributed by atoms with E-state index in [4.69, 9.17) is 14.5 Å². The molecule has 1 fully saturated rings. The number of nitrogens with zero attached hydrogens (tertiary/aromatic N) is 4. The molecule has 0 spiro atoms. The number of thiophene rings is 1. The molecule has 0 aliphatic carbocycles. The first-order valence-electron chi connectivity index (χ1n) is 10.4. The van der Waals surface area contributed by atoms with E-state index in [-0.39, 0.29) is 17.3 Å². The minimum atomic E-state index is -0.244. The summed E-state index contributed by atoms with van der Waals surface area (Å²) in [6, 6.07) is 0. The minimum absolute atomic E-state index is 0.190. The van der Waals surface area contributed by atoms with Crippen LogP contribution in [0.3, 0.4) is 0 Å². The molecular weight excluding hydrogens is 404 g/mol. The first-order chi connectivity index (χ1) is 14.4. The maximum absolute atomic E-state index is 12.7. The van der Waals surface area contributed by atoms with Crippen LogP contribution in [0.25, 0.3) is 15.9 Å². The Balaban J connectivity index is 1.43. The fourth-order valence-corrected chi connectivity index (χ4v) is 5.32. The molecule has 2 N–H and O–H groups in total. The van der Waals surface area contributed by atoms with Crippen LogP contribution in [-0.2, 0) is 22.5 Å². The highest BCUT2D eigenvalue weighted by Gasteiger charge is 2.31. The fraction of sp³-hybridized carbons (Fsp3) is 0.600. The van der Waals surface area contributed by atoms with Gasteiger partial charge in [0, 0.05) is 11.3 Å². The SMILES string of the molecule is Cc1nc2sc3c(c2c2nc(C(=O)NCC[NH+]4CCOCC4)nn12)CC(C)(C)OC3. The quantitative estimate of drug-likeness (QED) is 0.610. The number of hydrogen-bond donors (Lipinski definition) is 2. The number of carbonyl (C=O) groups is 1. The van der Waals surface area contributed by atoms with Crippen LogP contribution in [0.2, 0.25) is 0 Å². The van der Waals surface area contributed by atoms with Crippen molar-refractivity contribution in [2.75, 3.05) is 39.4 Å². The normalized spacial score (nSPS) is 19.3. The molecule has 3 aromatic rings. The van der Waals surface area contributed by atoms with Gasteiger partial charge >= 0.3 is 0 Å². The lowest BCUT2D eigenvalue weighted by molar-refractivity contribution is -0.906. The summed E-state index contributed by atoms with van der Waals surface area (Å²) < 4.78 is 13.0. The van der Waals surface area contributed by atoms with Crippen LogP contribution in [0, 0.1) is 6.92 Å². The molecule has 0 atom stereocenters. The monoisotopic (exact) mass is 431 g/mol. The molecule has 5 heterocycles. The molecule has 0 unspecified atom stereocenters. The van der Waals surface area contributed by atoms with Crippen LogP contribution in [-0.4, -0.2) is 70.5 Å². The van der Waals surface area contributed by atoms with E-state index >= 15 is 0 Å². The molecule has 5 rings (SSSR count). The Morgan fingerprint density at radius 3 is 2.90 bits per heavy atom. The van der Waals surface area contributed by atoms with Gasteiger partial charge in [0.1, 0.15) is 23.7 Å². The van der Waals surface area contributed by atoms with Gasteiger partial charge in [-0.3, -0.25) is 4.79 Å². The van der Waals surface area contributed by atoms with Gasteiger partial charge in [-0.2, -0.15) is 4.52 Å². The van der Waals surface area contributed by atoms with Gasteiger partial charge in [0.05, 0.1) is 43.9 Å². The molecular formula is C20H27N6O3S+. The first kappa shape index (κ1) is 19.8. The molecule has 10 heteroatoms. The Morgan fingerprint density at radius 2 is 2.10 bits per heavy atom. The van der Waals surface area contributed by atoms with Crippen LogP contribution in [0.1, 0.15) is 40.7 Å². The maximum Gasteiger partial charge on any atom is 0.291 e. The Morgan fingerprint density at radius 1 is 1.30 bits per heavy atom. The zero-order valence-corrected chi connectivity index (χ0v) is 18.4. The average molecular weight is 432 g/mol. The van der Waals surface area contributed by atoms with Crippen molar-refractivity contribution in [1.29, 1.82) is 0 Å². The van der Waals surface area contributed by atoms with Crippen LogP contribution in [0.5, 0.6) is 0 Å². The molecule has 160 valence electrons. The molecule has 30 heavy (non-hydrogen) atoms. The standard InChI is InChI=1S/C20H26N6O3S/c1-12-22-19-15(13-10-20(2,3)29-11-14(13)30-19)17-23-16(24-26(12)17)18(27)21-4-5-25-6-8-28-9-7-25/h4-11H2,1-3H3,(H,21,27)/p+1. The number of aromatic nitrogens is 4. The molecule has 0 aromatic carbocycles. The Bertz CT molecular complexity index is 1120. The number of hydrogen-bond acceptors (Lipinski definition) is 7. The van der Waals surface area contributed by atoms with Crippen LogP contribution in [0.15, 0.2) is 0 Å². The van der Waals surface area contributed by atoms with Crippen molar-refractivity contribution in [1.82, 2.24) is 24.9 Å². The second-order valence-corrected chi connectivity index (χ2v) is 9.69. The molecule has 2 aliphatic heterocycles. The highest BCUT2D eigenvalue weighted by Crippen LogP contribution is 2.39. The van der Waals surface area contributed by atoms with Crippen molar-refractivity contribution in [3.8, 4) is 0 Å². The van der Waals surface area contributed by atoms with E-state index < -0.39 is 0 Å². The van der Waals surface area contributed by atoms with Gasteiger partial charge in [-0.25, -0.2) is 9.97 Å². The Kier molecular flexibility index (Phi) is 4.97. The number of quaternary nitrogens is 1. The summed E-state index contributed by atoms with van der Waals surface area (Å²) in [4.78, 5) is 25.6. The van der Waals surface area contributed by atoms with Gasteiger partial charge in [0.25, 0.3) is 5.91 Å². The van der Waals surface area contributed by atoms with Crippen LogP contribution < -0.4 is 10.2 Å². The number of morpholine rings is 1. The average Bonchev–Trinajstić information content (AvgIpc) is 3.30. The van der Waals surface area contributed by atoms with Gasteiger partial charge in [-0.15, -0.1) is 16.4 Å². The van der Waals surface area contributed by atoms with Gasteiger partial charge in [0.15, 0.2) is 5.65 Å². The second-order valence-electron chi connectivity index (χ2n) is 8.61. The summed E-state index contributed by atoms with van der Waals surface area (Å²) in [5.41, 5.74) is 1.70. The summed E-state index contributed by atoms with van der Waals surface area (Å²) in [6.07, 6.45) is 0.791. The van der Waals surface area contributed by atoms with Crippen molar-refractivity contribution < 1.29 is 19.2 Å². The highest BCUT2D eigenvalue weighted by molar-refractivity contribution is 7.19. The predicted octanol–water partition coefficient (Wildman–Crippen LogP) is 0.144. The van der Waals surface area contributed by atoms with E-state index in [2.05, 4.69) is 29.2 Å². The Labute approximate surface area is 178 Å². The third-order valence-electron chi connectivity index (χ3n) is 5.84. The predicted molar refractivity (Wildman–Crippen MR) is 112 cm³/mol. The zero-order valence-electron chi connectivity index (χ0n) is 17.6. The highest BCUT2D eigenvalue weighted by atomic mass is 32.1. The lowest BCUT2D eigenvalue weighted by Gasteiger charge is -2.30. The summed E-state index contributed by atoms with van der Waals surface area (Å²) in [5, 5.41) is 8.44. The fourth-order valence-electron chi connectivity index (χ4n) is 4.18. The van der Waals surface area contributed by atoms with E-state index in [0.717, 1.165) is 55.3 Å². The summed E-state index contributed by atoms with van der Waals surface area (Å²) in [5.74, 6) is 0.669. The number of ether oxygens (including phenoxy) is 2. The lowest BCUT2D eigenvalue weighted by Crippen LogP contribution is -3.14. The maximum atomic E-state index is 12.7. The number of amides is 1. The molecule has 0 bridgehead atoms. The molecule has 1 saturated heterocycles. The van der Waals surface area contributed by atoms with Crippen molar-refractivity contribution in [2.24, 2.45) is 0 Å². The van der Waals surface area contributed by atoms with Gasteiger partial charge in [-0.1, -0.05) is 0 Å². The number of carbonyl (C=O) groups excluding carboxylic acids is 1. The van der Waals surface area contributed by atoms with Gasteiger partial charge in [0.2, 0.25) is 5.82 Å². The topological polar surface area (TPSA) is 95.1 Å². The van der Waals surface area contributed by atoms with E-state index in [1.807, 2.05) is 6.92 Å². The molecule has 2 aliphatic rings. The zero-order chi connectivity index (χ0) is 20.9. The summed E-state index contributed by atoms with van der Waals surface area (Å²) >= 11 is 1.65. The van der Waals surface area contributed by atoms with E-state index in [1.54, 1.807) is 15.9 Å². The van der Waals surface area contributed by atoms with Crippen LogP contribution in [0.4, 0.5) is 0 Å². The Hall–Kier alpha value is -2.14. The second kappa shape index (κ2) is 7.52. The van der Waals surface area contributed by atoms with Crippen molar-refractivity contribution in [2.45, 2.75) is 39.4 Å². The number of rotatable bonds is 4. The smallest absolute Gasteiger partial charge is 0.291 e. The largest absolute Gasteiger partial charge is 0.370 e.